The number of anilines is 1. The van der Waals surface area contributed by atoms with Gasteiger partial charge in [0.2, 0.25) is 0 Å². The molecular weight excluding hydrogens is 234 g/mol. The molecule has 0 bridgehead atoms. The van der Waals surface area contributed by atoms with Crippen molar-refractivity contribution in [3.8, 4) is 5.75 Å². The molecule has 0 radical (unpaired) electrons. The zero-order chi connectivity index (χ0) is 14.0. The van der Waals surface area contributed by atoms with Crippen LogP contribution in [0.15, 0.2) is 12.1 Å². The van der Waals surface area contributed by atoms with Crippen LogP contribution in [0.4, 0.5) is 5.69 Å². The van der Waals surface area contributed by atoms with Gasteiger partial charge >= 0.3 is 0 Å². The minimum Gasteiger partial charge on any atom is -0.496 e. The fraction of sp³-hybridized carbons (Fsp3) is 0.647. The summed E-state index contributed by atoms with van der Waals surface area (Å²) in [6.07, 6.45) is 3.92. The van der Waals surface area contributed by atoms with E-state index >= 15 is 0 Å². The molecule has 2 atom stereocenters. The Kier molecular flexibility index (Phi) is 4.38. The molecule has 1 N–H and O–H groups in total. The number of nitrogens with one attached hydrogen (secondary N) is 1. The van der Waals surface area contributed by atoms with Gasteiger partial charge in [-0.25, -0.2) is 0 Å². The fourth-order valence-electron chi connectivity index (χ4n) is 3.58. The summed E-state index contributed by atoms with van der Waals surface area (Å²) >= 11 is 0. The Balaban J connectivity index is 2.15. The molecule has 1 aliphatic carbocycles. The molecule has 19 heavy (non-hydrogen) atoms. The van der Waals surface area contributed by atoms with Crippen molar-refractivity contribution < 1.29 is 4.74 Å². The molecule has 1 fully saturated rings. The number of benzene rings is 1. The first-order chi connectivity index (χ1) is 9.01. The van der Waals surface area contributed by atoms with Crippen molar-refractivity contribution >= 4 is 5.69 Å². The Bertz CT molecular complexity index is 431. The van der Waals surface area contributed by atoms with Gasteiger partial charge in [-0.3, -0.25) is 0 Å². The topological polar surface area (TPSA) is 21.3 Å². The van der Waals surface area contributed by atoms with E-state index in [2.05, 4.69) is 45.1 Å². The molecule has 1 aliphatic rings. The minimum absolute atomic E-state index is 0.602. The zero-order valence-electron chi connectivity index (χ0n) is 12.9. The van der Waals surface area contributed by atoms with Crippen molar-refractivity contribution in [3.05, 3.63) is 23.3 Å². The maximum Gasteiger partial charge on any atom is 0.126 e. The third-order valence-corrected chi connectivity index (χ3v) is 4.35. The van der Waals surface area contributed by atoms with Crippen LogP contribution in [0.25, 0.3) is 0 Å². The maximum absolute atomic E-state index is 5.51. The van der Waals surface area contributed by atoms with Crippen LogP contribution in [0, 0.1) is 25.7 Å². The molecule has 0 saturated heterocycles. The highest BCUT2D eigenvalue weighted by molar-refractivity contribution is 5.60. The molecule has 2 unspecified atom stereocenters. The monoisotopic (exact) mass is 261 g/mol. The van der Waals surface area contributed by atoms with E-state index in [0.29, 0.717) is 6.04 Å². The molecule has 1 aromatic rings. The Morgan fingerprint density at radius 2 is 1.68 bits per heavy atom. The van der Waals surface area contributed by atoms with Crippen LogP contribution < -0.4 is 10.1 Å². The van der Waals surface area contributed by atoms with Crippen molar-refractivity contribution in [1.82, 2.24) is 0 Å². The molecule has 0 amide bonds. The first-order valence-electron chi connectivity index (χ1n) is 7.42. The summed E-state index contributed by atoms with van der Waals surface area (Å²) in [6, 6.07) is 4.94. The van der Waals surface area contributed by atoms with E-state index in [1.807, 2.05) is 0 Å². The van der Waals surface area contributed by atoms with Crippen LogP contribution in [0.1, 0.15) is 44.2 Å². The van der Waals surface area contributed by atoms with Crippen LogP contribution in [0.5, 0.6) is 5.75 Å². The Morgan fingerprint density at radius 1 is 1.05 bits per heavy atom. The lowest BCUT2D eigenvalue weighted by molar-refractivity contribution is 0.280. The van der Waals surface area contributed by atoms with Gasteiger partial charge in [0.1, 0.15) is 5.75 Å². The quantitative estimate of drug-likeness (QED) is 0.862. The first kappa shape index (κ1) is 14.2. The van der Waals surface area contributed by atoms with E-state index < -0.39 is 0 Å². The van der Waals surface area contributed by atoms with Gasteiger partial charge in [-0.1, -0.05) is 19.9 Å². The van der Waals surface area contributed by atoms with E-state index in [4.69, 9.17) is 4.74 Å². The fourth-order valence-corrected chi connectivity index (χ4v) is 3.58. The molecule has 0 spiro atoms. The van der Waals surface area contributed by atoms with Crippen molar-refractivity contribution in [2.45, 2.75) is 53.0 Å². The minimum atomic E-state index is 0.602. The summed E-state index contributed by atoms with van der Waals surface area (Å²) in [6.45, 7) is 8.98. The number of hydrogen-bond donors (Lipinski definition) is 1. The first-order valence-corrected chi connectivity index (χ1v) is 7.42. The van der Waals surface area contributed by atoms with E-state index in [1.54, 1.807) is 7.11 Å². The second-order valence-corrected chi connectivity index (χ2v) is 6.35. The average Bonchev–Trinajstić information content (AvgIpc) is 2.32. The second kappa shape index (κ2) is 5.85. The lowest BCUT2D eigenvalue weighted by atomic mass is 9.80. The van der Waals surface area contributed by atoms with Gasteiger partial charge in [-0.15, -0.1) is 0 Å². The highest BCUT2D eigenvalue weighted by atomic mass is 16.5. The standard InChI is InChI=1S/C17H27NO/c1-11-8-12(2)10-15(9-11)18-16-7-6-13(3)17(19-5)14(16)4/h6-7,11-12,15,18H,8-10H2,1-5H3. The third-order valence-electron chi connectivity index (χ3n) is 4.35. The van der Waals surface area contributed by atoms with Gasteiger partial charge in [0.15, 0.2) is 0 Å². The molecule has 1 saturated carbocycles. The van der Waals surface area contributed by atoms with Crippen molar-refractivity contribution in [3.63, 3.8) is 0 Å². The third kappa shape index (κ3) is 3.23. The van der Waals surface area contributed by atoms with Crippen molar-refractivity contribution in [2.24, 2.45) is 11.8 Å². The predicted molar refractivity (Wildman–Crippen MR) is 82.1 cm³/mol. The summed E-state index contributed by atoms with van der Waals surface area (Å²) in [5.41, 5.74) is 3.66. The molecule has 2 nitrogen and oxygen atoms in total. The average molecular weight is 261 g/mol. The van der Waals surface area contributed by atoms with E-state index in [-0.39, 0.29) is 0 Å². The number of methoxy groups -OCH3 is 1. The Hall–Kier alpha value is -1.18. The van der Waals surface area contributed by atoms with Gasteiger partial charge in [-0.05, 0) is 56.6 Å². The highest BCUT2D eigenvalue weighted by Crippen LogP contribution is 2.34. The summed E-state index contributed by atoms with van der Waals surface area (Å²) in [4.78, 5) is 0. The SMILES string of the molecule is COc1c(C)ccc(NC2CC(C)CC(C)C2)c1C. The molecule has 0 heterocycles. The Labute approximate surface area is 117 Å². The van der Waals surface area contributed by atoms with Crippen molar-refractivity contribution in [1.29, 1.82) is 0 Å². The maximum atomic E-state index is 5.51. The van der Waals surface area contributed by atoms with Crippen LogP contribution in [-0.2, 0) is 0 Å². The lowest BCUT2D eigenvalue weighted by Crippen LogP contribution is -2.30. The normalized spacial score (nSPS) is 27.1. The van der Waals surface area contributed by atoms with Crippen molar-refractivity contribution in [2.75, 3.05) is 12.4 Å². The number of rotatable bonds is 3. The second-order valence-electron chi connectivity index (χ2n) is 6.35. The largest absolute Gasteiger partial charge is 0.496 e. The van der Waals surface area contributed by atoms with Crippen LogP contribution in [0.3, 0.4) is 0 Å². The van der Waals surface area contributed by atoms with Crippen LogP contribution in [-0.4, -0.2) is 13.2 Å². The summed E-state index contributed by atoms with van der Waals surface area (Å²) < 4.78 is 5.51. The molecular formula is C17H27NO. The summed E-state index contributed by atoms with van der Waals surface area (Å²) in [5.74, 6) is 2.67. The summed E-state index contributed by atoms with van der Waals surface area (Å²) in [5, 5.41) is 3.73. The van der Waals surface area contributed by atoms with E-state index in [9.17, 15) is 0 Å². The number of hydrogen-bond acceptors (Lipinski definition) is 2. The molecule has 106 valence electrons. The van der Waals surface area contributed by atoms with Crippen LogP contribution >= 0.6 is 0 Å². The van der Waals surface area contributed by atoms with Gasteiger partial charge in [-0.2, -0.15) is 0 Å². The predicted octanol–water partition coefficient (Wildman–Crippen LogP) is 4.55. The molecule has 0 aliphatic heterocycles. The lowest BCUT2D eigenvalue weighted by Gasteiger charge is -2.33. The zero-order valence-corrected chi connectivity index (χ0v) is 12.9. The van der Waals surface area contributed by atoms with Gasteiger partial charge < -0.3 is 10.1 Å². The van der Waals surface area contributed by atoms with E-state index in [1.165, 1.54) is 36.1 Å². The number of ether oxygens (including phenoxy) is 1. The van der Waals surface area contributed by atoms with Gasteiger partial charge in [0, 0.05) is 17.3 Å². The highest BCUT2D eigenvalue weighted by Gasteiger charge is 2.24. The van der Waals surface area contributed by atoms with Gasteiger partial charge in [0.25, 0.3) is 0 Å². The van der Waals surface area contributed by atoms with E-state index in [0.717, 1.165) is 17.6 Å². The molecule has 0 aromatic heterocycles. The molecule has 2 rings (SSSR count). The number of aryl methyl sites for hydroxylation is 1. The smallest absolute Gasteiger partial charge is 0.126 e. The van der Waals surface area contributed by atoms with Gasteiger partial charge in [0.05, 0.1) is 7.11 Å². The van der Waals surface area contributed by atoms with Crippen LogP contribution in [0.2, 0.25) is 0 Å². The Morgan fingerprint density at radius 3 is 2.26 bits per heavy atom. The molecule has 2 heteroatoms. The summed E-state index contributed by atoms with van der Waals surface area (Å²) in [7, 11) is 1.75. The molecule has 1 aromatic carbocycles.